The average molecular weight is 255 g/mol. The van der Waals surface area contributed by atoms with Crippen molar-refractivity contribution in [3.05, 3.63) is 30.2 Å². The van der Waals surface area contributed by atoms with Gasteiger partial charge in [0, 0.05) is 12.6 Å². The molecule has 0 atom stereocenters. The first-order valence-electron chi connectivity index (χ1n) is 4.34. The molecule has 0 saturated heterocycles. The molecule has 16 heavy (non-hydrogen) atoms. The first kappa shape index (κ1) is 14.2. The van der Waals surface area contributed by atoms with Crippen LogP contribution in [0.2, 0.25) is 0 Å². The van der Waals surface area contributed by atoms with E-state index in [1.54, 1.807) is 0 Å². The van der Waals surface area contributed by atoms with Gasteiger partial charge in [-0.05, 0) is 29.8 Å². The summed E-state index contributed by atoms with van der Waals surface area (Å²) in [6.45, 7) is -5.10. The van der Waals surface area contributed by atoms with Crippen molar-refractivity contribution in [2.24, 2.45) is 7.05 Å². The van der Waals surface area contributed by atoms with E-state index in [4.69, 9.17) is 0 Å². The zero-order valence-corrected chi connectivity index (χ0v) is 12.0. The van der Waals surface area contributed by atoms with Gasteiger partial charge < -0.3 is 17.5 Å². The molecule has 0 amide bonds. The third-order valence-corrected chi connectivity index (χ3v) is 2.33. The topological polar surface area (TPSA) is 4.93 Å². The standard InChI is InChI=1S/C9H7BF4N.K/c1-15-5-8(10(12,13)14)7-4-6(11)2-3-9(7)15;/h2-5H,1H3;/q-1;+1. The normalized spacial score (nSPS) is 11.6. The number of aromatic nitrogens is 1. The smallest absolute Gasteiger partial charge is 0.445 e. The number of benzene rings is 1. The maximum atomic E-state index is 12.8. The van der Waals surface area contributed by atoms with Crippen molar-refractivity contribution < 1.29 is 68.7 Å². The predicted octanol–water partition coefficient (Wildman–Crippen LogP) is -0.624. The molecule has 0 N–H and O–H groups in total. The van der Waals surface area contributed by atoms with Gasteiger partial charge in [0.15, 0.2) is 0 Å². The summed E-state index contributed by atoms with van der Waals surface area (Å²) in [6, 6.07) is 3.41. The minimum Gasteiger partial charge on any atom is -0.445 e. The molecule has 0 unspecified atom stereocenters. The molecule has 0 aliphatic carbocycles. The Morgan fingerprint density at radius 1 is 1.19 bits per heavy atom. The quantitative estimate of drug-likeness (QED) is 0.472. The van der Waals surface area contributed by atoms with E-state index in [1.807, 2.05) is 0 Å². The van der Waals surface area contributed by atoms with Crippen LogP contribution in [0, 0.1) is 5.82 Å². The molecule has 0 radical (unpaired) electrons. The van der Waals surface area contributed by atoms with Crippen LogP contribution in [0.1, 0.15) is 0 Å². The van der Waals surface area contributed by atoms with Crippen LogP contribution in [0.15, 0.2) is 24.4 Å². The third-order valence-electron chi connectivity index (χ3n) is 2.33. The molecule has 0 aliphatic rings. The Balaban J connectivity index is 0.00000128. The molecule has 80 valence electrons. The van der Waals surface area contributed by atoms with E-state index in [0.29, 0.717) is 5.52 Å². The number of fused-ring (bicyclic) bond motifs is 1. The van der Waals surface area contributed by atoms with E-state index >= 15 is 0 Å². The van der Waals surface area contributed by atoms with Crippen molar-refractivity contribution in [3.8, 4) is 0 Å². The molecule has 0 fully saturated rings. The van der Waals surface area contributed by atoms with Gasteiger partial charge in [0.2, 0.25) is 0 Å². The summed E-state index contributed by atoms with van der Waals surface area (Å²) < 4.78 is 52.0. The summed E-state index contributed by atoms with van der Waals surface area (Å²) in [7, 11) is 1.51. The van der Waals surface area contributed by atoms with Crippen LogP contribution < -0.4 is 56.8 Å². The van der Waals surface area contributed by atoms with Crippen LogP contribution >= 0.6 is 0 Å². The SMILES string of the molecule is Cn1cc([B-](F)(F)F)c2cc(F)ccc21.[K+]. The maximum absolute atomic E-state index is 12.8. The number of nitrogens with zero attached hydrogens (tertiary/aromatic N) is 1. The second-order valence-electron chi connectivity index (χ2n) is 3.43. The van der Waals surface area contributed by atoms with Crippen LogP contribution in [0.3, 0.4) is 0 Å². The first-order chi connectivity index (χ1) is 6.89. The molecule has 0 aliphatic heterocycles. The second kappa shape index (κ2) is 4.81. The molecule has 0 saturated carbocycles. The van der Waals surface area contributed by atoms with Gasteiger partial charge in [-0.3, -0.25) is 0 Å². The summed E-state index contributed by atoms with van der Waals surface area (Å²) >= 11 is 0. The first-order valence-corrected chi connectivity index (χ1v) is 4.34. The molecule has 0 spiro atoms. The molecule has 0 bridgehead atoms. The van der Waals surface area contributed by atoms with Crippen LogP contribution in [-0.4, -0.2) is 11.5 Å². The van der Waals surface area contributed by atoms with Gasteiger partial charge in [-0.2, -0.15) is 0 Å². The number of halogens is 4. The summed E-state index contributed by atoms with van der Waals surface area (Å²) in [6.07, 6.45) is 0.990. The number of rotatable bonds is 1. The van der Waals surface area contributed by atoms with Crippen LogP contribution in [0.5, 0.6) is 0 Å². The fourth-order valence-corrected chi connectivity index (χ4v) is 1.66. The van der Waals surface area contributed by atoms with Crippen molar-refractivity contribution in [2.75, 3.05) is 0 Å². The van der Waals surface area contributed by atoms with Crippen molar-refractivity contribution in [2.45, 2.75) is 0 Å². The molecular formula is C9H7BF4KN. The fraction of sp³-hybridized carbons (Fsp3) is 0.111. The molecular weight excluding hydrogens is 248 g/mol. The number of hydrogen-bond acceptors (Lipinski definition) is 0. The van der Waals surface area contributed by atoms with E-state index in [1.165, 1.54) is 17.7 Å². The zero-order chi connectivity index (χ0) is 11.2. The zero-order valence-electron chi connectivity index (χ0n) is 8.85. The Hall–Kier alpha value is 0.181. The van der Waals surface area contributed by atoms with Crippen molar-refractivity contribution >= 4 is 23.3 Å². The third kappa shape index (κ3) is 2.53. The van der Waals surface area contributed by atoms with E-state index in [-0.39, 0.29) is 56.8 Å². The number of aryl methyl sites for hydroxylation is 1. The summed E-state index contributed by atoms with van der Waals surface area (Å²) in [5, 5.41) is -0.0787. The van der Waals surface area contributed by atoms with E-state index < -0.39 is 18.3 Å². The minimum atomic E-state index is -5.10. The summed E-state index contributed by atoms with van der Waals surface area (Å²) in [5.41, 5.74) is -0.363. The molecule has 2 rings (SSSR count). The van der Waals surface area contributed by atoms with E-state index in [9.17, 15) is 17.3 Å². The molecule has 1 aromatic carbocycles. The van der Waals surface area contributed by atoms with Gasteiger partial charge in [-0.25, -0.2) is 4.39 Å². The largest absolute Gasteiger partial charge is 1.00 e. The molecule has 7 heteroatoms. The van der Waals surface area contributed by atoms with Gasteiger partial charge in [0.1, 0.15) is 5.82 Å². The van der Waals surface area contributed by atoms with E-state index in [0.717, 1.165) is 18.3 Å². The average Bonchev–Trinajstić information content (AvgIpc) is 2.42. The molecule has 1 heterocycles. The number of hydrogen-bond donors (Lipinski definition) is 0. The Labute approximate surface area is 132 Å². The molecule has 1 aromatic heterocycles. The summed E-state index contributed by atoms with van der Waals surface area (Å²) in [5.74, 6) is -0.657. The van der Waals surface area contributed by atoms with Gasteiger partial charge >= 0.3 is 58.4 Å². The minimum absolute atomic E-state index is 0. The Bertz CT molecular complexity index is 520. The van der Waals surface area contributed by atoms with Crippen LogP contribution in [-0.2, 0) is 7.05 Å². The van der Waals surface area contributed by atoms with Gasteiger partial charge in [-0.15, -0.1) is 0 Å². The van der Waals surface area contributed by atoms with Gasteiger partial charge in [-0.1, -0.05) is 5.46 Å². The molecule has 2 aromatic rings. The van der Waals surface area contributed by atoms with Crippen LogP contribution in [0.25, 0.3) is 10.9 Å². The summed E-state index contributed by atoms with van der Waals surface area (Å²) in [4.78, 5) is 0. The maximum Gasteiger partial charge on any atom is 1.00 e. The van der Waals surface area contributed by atoms with Crippen molar-refractivity contribution in [1.82, 2.24) is 4.57 Å². The van der Waals surface area contributed by atoms with Crippen molar-refractivity contribution in [3.63, 3.8) is 0 Å². The van der Waals surface area contributed by atoms with E-state index in [2.05, 4.69) is 0 Å². The fourth-order valence-electron chi connectivity index (χ4n) is 1.66. The second-order valence-corrected chi connectivity index (χ2v) is 3.43. The predicted molar refractivity (Wildman–Crippen MR) is 51.6 cm³/mol. The van der Waals surface area contributed by atoms with Gasteiger partial charge in [0.25, 0.3) is 0 Å². The van der Waals surface area contributed by atoms with Crippen LogP contribution in [0.4, 0.5) is 17.3 Å². The van der Waals surface area contributed by atoms with Crippen molar-refractivity contribution in [1.29, 1.82) is 0 Å². The molecule has 1 nitrogen and oxygen atoms in total. The Kier molecular flexibility index (Phi) is 4.29. The Morgan fingerprint density at radius 2 is 1.81 bits per heavy atom. The Morgan fingerprint density at radius 3 is 2.38 bits per heavy atom. The monoisotopic (exact) mass is 255 g/mol. The van der Waals surface area contributed by atoms with Gasteiger partial charge in [0.05, 0.1) is 0 Å².